The van der Waals surface area contributed by atoms with Crippen LogP contribution in [0.3, 0.4) is 0 Å². The van der Waals surface area contributed by atoms with Crippen LogP contribution < -0.4 is 10.1 Å². The molecule has 6 nitrogen and oxygen atoms in total. The second-order valence-electron chi connectivity index (χ2n) is 4.13. The number of hydrogen-bond acceptors (Lipinski definition) is 6. The van der Waals surface area contributed by atoms with Gasteiger partial charge in [-0.25, -0.2) is 0 Å². The lowest BCUT2D eigenvalue weighted by atomic mass is 10.2. The first-order chi connectivity index (χ1) is 9.56. The molecule has 6 heteroatoms. The standard InChI is InChI=1S/C14H19NO5/c1-10(14(17)19-3)15-8-13(16)20-9-11-4-6-12(18-2)7-5-11/h4-7,10,15H,8-9H2,1-3H3/t10-/m0/s1. The number of hydrogen-bond donors (Lipinski definition) is 1. The maximum absolute atomic E-state index is 11.5. The van der Waals surface area contributed by atoms with Crippen molar-refractivity contribution in [1.82, 2.24) is 5.32 Å². The molecule has 1 N–H and O–H groups in total. The lowest BCUT2D eigenvalue weighted by Crippen LogP contribution is -2.38. The number of methoxy groups -OCH3 is 2. The van der Waals surface area contributed by atoms with E-state index in [4.69, 9.17) is 9.47 Å². The quantitative estimate of drug-likeness (QED) is 0.748. The molecule has 0 aliphatic rings. The Balaban J connectivity index is 2.30. The molecule has 0 heterocycles. The summed E-state index contributed by atoms with van der Waals surface area (Å²) in [5, 5.41) is 2.72. The molecule has 0 spiro atoms. The molecule has 0 radical (unpaired) electrons. The molecular formula is C14H19NO5. The Morgan fingerprint density at radius 3 is 2.40 bits per heavy atom. The zero-order chi connectivity index (χ0) is 15.0. The van der Waals surface area contributed by atoms with Crippen LogP contribution in [0.4, 0.5) is 0 Å². The minimum Gasteiger partial charge on any atom is -0.497 e. The van der Waals surface area contributed by atoms with E-state index in [9.17, 15) is 9.59 Å². The number of nitrogens with one attached hydrogen (secondary N) is 1. The number of ether oxygens (including phenoxy) is 3. The average molecular weight is 281 g/mol. The van der Waals surface area contributed by atoms with E-state index in [1.54, 1.807) is 26.2 Å². The lowest BCUT2D eigenvalue weighted by Gasteiger charge is -2.11. The fraction of sp³-hybridized carbons (Fsp3) is 0.429. The number of rotatable bonds is 7. The predicted molar refractivity (Wildman–Crippen MR) is 72.3 cm³/mol. The van der Waals surface area contributed by atoms with E-state index >= 15 is 0 Å². The van der Waals surface area contributed by atoms with Crippen LogP contribution in [0.5, 0.6) is 5.75 Å². The van der Waals surface area contributed by atoms with Gasteiger partial charge in [0, 0.05) is 0 Å². The SMILES string of the molecule is COC(=O)[C@H](C)NCC(=O)OCc1ccc(OC)cc1. The molecule has 1 aromatic carbocycles. The third kappa shape index (κ3) is 5.27. The Morgan fingerprint density at radius 1 is 1.20 bits per heavy atom. The third-order valence-corrected chi connectivity index (χ3v) is 2.67. The molecular weight excluding hydrogens is 262 g/mol. The zero-order valence-corrected chi connectivity index (χ0v) is 11.8. The van der Waals surface area contributed by atoms with Gasteiger partial charge in [-0.3, -0.25) is 14.9 Å². The van der Waals surface area contributed by atoms with Gasteiger partial charge in [0.2, 0.25) is 0 Å². The summed E-state index contributed by atoms with van der Waals surface area (Å²) in [6.07, 6.45) is 0. The molecule has 0 bridgehead atoms. The first-order valence-electron chi connectivity index (χ1n) is 6.16. The van der Waals surface area contributed by atoms with Crippen LogP contribution in [0.15, 0.2) is 24.3 Å². The van der Waals surface area contributed by atoms with E-state index in [2.05, 4.69) is 10.1 Å². The summed E-state index contributed by atoms with van der Waals surface area (Å²) in [5.41, 5.74) is 0.861. The van der Waals surface area contributed by atoms with Gasteiger partial charge in [-0.2, -0.15) is 0 Å². The Hall–Kier alpha value is -2.08. The smallest absolute Gasteiger partial charge is 0.322 e. The van der Waals surface area contributed by atoms with Crippen molar-refractivity contribution in [3.05, 3.63) is 29.8 Å². The topological polar surface area (TPSA) is 73.9 Å². The zero-order valence-electron chi connectivity index (χ0n) is 11.8. The van der Waals surface area contributed by atoms with Crippen molar-refractivity contribution in [1.29, 1.82) is 0 Å². The van der Waals surface area contributed by atoms with Crippen molar-refractivity contribution in [3.63, 3.8) is 0 Å². The Bertz CT molecular complexity index is 443. The van der Waals surface area contributed by atoms with E-state index < -0.39 is 18.0 Å². The van der Waals surface area contributed by atoms with Crippen LogP contribution >= 0.6 is 0 Å². The molecule has 1 rings (SSSR count). The average Bonchev–Trinajstić information content (AvgIpc) is 2.50. The molecule has 0 aliphatic heterocycles. The maximum Gasteiger partial charge on any atom is 0.322 e. The fourth-order valence-corrected chi connectivity index (χ4v) is 1.43. The van der Waals surface area contributed by atoms with E-state index in [1.165, 1.54) is 7.11 Å². The monoisotopic (exact) mass is 281 g/mol. The van der Waals surface area contributed by atoms with Crippen LogP contribution in [0, 0.1) is 0 Å². The van der Waals surface area contributed by atoms with Crippen LogP contribution in [0.2, 0.25) is 0 Å². The minimum atomic E-state index is -0.548. The molecule has 110 valence electrons. The number of carbonyl (C=O) groups excluding carboxylic acids is 2. The van der Waals surface area contributed by atoms with Gasteiger partial charge in [-0.15, -0.1) is 0 Å². The summed E-state index contributed by atoms with van der Waals surface area (Å²) in [7, 11) is 2.88. The largest absolute Gasteiger partial charge is 0.497 e. The van der Waals surface area contributed by atoms with Crippen molar-refractivity contribution in [2.75, 3.05) is 20.8 Å². The van der Waals surface area contributed by atoms with Gasteiger partial charge in [-0.05, 0) is 24.6 Å². The number of esters is 2. The second kappa shape index (κ2) is 8.16. The molecule has 0 saturated heterocycles. The highest BCUT2D eigenvalue weighted by molar-refractivity contribution is 5.77. The van der Waals surface area contributed by atoms with E-state index in [-0.39, 0.29) is 13.2 Å². The van der Waals surface area contributed by atoms with E-state index in [0.29, 0.717) is 0 Å². The summed E-state index contributed by atoms with van der Waals surface area (Å²) in [6.45, 7) is 1.74. The van der Waals surface area contributed by atoms with Crippen molar-refractivity contribution < 1.29 is 23.8 Å². The van der Waals surface area contributed by atoms with Crippen LogP contribution in [-0.2, 0) is 25.7 Å². The van der Waals surface area contributed by atoms with Crippen molar-refractivity contribution >= 4 is 11.9 Å². The van der Waals surface area contributed by atoms with E-state index in [1.807, 2.05) is 12.1 Å². The molecule has 0 aromatic heterocycles. The highest BCUT2D eigenvalue weighted by Crippen LogP contribution is 2.11. The molecule has 0 saturated carbocycles. The summed E-state index contributed by atoms with van der Waals surface area (Å²) in [5.74, 6) is -0.113. The Morgan fingerprint density at radius 2 is 1.85 bits per heavy atom. The fourth-order valence-electron chi connectivity index (χ4n) is 1.43. The molecule has 0 fully saturated rings. The third-order valence-electron chi connectivity index (χ3n) is 2.67. The molecule has 20 heavy (non-hydrogen) atoms. The molecule has 0 aliphatic carbocycles. The van der Waals surface area contributed by atoms with Gasteiger partial charge in [0.15, 0.2) is 0 Å². The summed E-state index contributed by atoms with van der Waals surface area (Å²) >= 11 is 0. The van der Waals surface area contributed by atoms with Gasteiger partial charge in [0.1, 0.15) is 18.4 Å². The van der Waals surface area contributed by atoms with Crippen LogP contribution in [-0.4, -0.2) is 38.7 Å². The molecule has 1 atom stereocenters. The van der Waals surface area contributed by atoms with Gasteiger partial charge in [0.05, 0.1) is 20.8 Å². The number of benzene rings is 1. The second-order valence-corrected chi connectivity index (χ2v) is 4.13. The van der Waals surface area contributed by atoms with Gasteiger partial charge in [0.25, 0.3) is 0 Å². The molecule has 1 aromatic rings. The minimum absolute atomic E-state index is 0.0492. The maximum atomic E-state index is 11.5. The van der Waals surface area contributed by atoms with Gasteiger partial charge in [-0.1, -0.05) is 12.1 Å². The summed E-state index contributed by atoms with van der Waals surface area (Å²) in [4.78, 5) is 22.6. The molecule has 0 unspecified atom stereocenters. The van der Waals surface area contributed by atoms with Crippen LogP contribution in [0.1, 0.15) is 12.5 Å². The van der Waals surface area contributed by atoms with Gasteiger partial charge < -0.3 is 14.2 Å². The normalized spacial score (nSPS) is 11.6. The Labute approximate surface area is 118 Å². The molecule has 0 amide bonds. The first-order valence-corrected chi connectivity index (χ1v) is 6.16. The van der Waals surface area contributed by atoms with Crippen molar-refractivity contribution in [2.45, 2.75) is 19.6 Å². The highest BCUT2D eigenvalue weighted by Gasteiger charge is 2.14. The summed E-state index contributed by atoms with van der Waals surface area (Å²) < 4.78 is 14.6. The first kappa shape index (κ1) is 16.0. The number of carbonyl (C=O) groups is 2. The Kier molecular flexibility index (Phi) is 6.52. The van der Waals surface area contributed by atoms with Gasteiger partial charge >= 0.3 is 11.9 Å². The van der Waals surface area contributed by atoms with Crippen molar-refractivity contribution in [2.24, 2.45) is 0 Å². The summed E-state index contributed by atoms with van der Waals surface area (Å²) in [6, 6.07) is 6.67. The van der Waals surface area contributed by atoms with Crippen LogP contribution in [0.25, 0.3) is 0 Å². The highest BCUT2D eigenvalue weighted by atomic mass is 16.5. The van der Waals surface area contributed by atoms with Crippen molar-refractivity contribution in [3.8, 4) is 5.75 Å². The van der Waals surface area contributed by atoms with E-state index in [0.717, 1.165) is 11.3 Å². The lowest BCUT2D eigenvalue weighted by molar-refractivity contribution is -0.145. The predicted octanol–water partition coefficient (Wildman–Crippen LogP) is 0.889.